The van der Waals surface area contributed by atoms with E-state index in [9.17, 15) is 14.7 Å². The van der Waals surface area contributed by atoms with Gasteiger partial charge in [0, 0.05) is 6.54 Å². The lowest BCUT2D eigenvalue weighted by atomic mass is 9.96. The predicted molar refractivity (Wildman–Crippen MR) is 73.9 cm³/mol. The zero-order chi connectivity index (χ0) is 14.7. The number of benzene rings is 1. The van der Waals surface area contributed by atoms with E-state index in [-0.39, 0.29) is 22.3 Å². The normalized spacial score (nSPS) is 21.6. The second-order valence-corrected chi connectivity index (χ2v) is 5.42. The smallest absolute Gasteiger partial charge is 0.306 e. The molecule has 0 saturated heterocycles. The summed E-state index contributed by atoms with van der Waals surface area (Å²) in [4.78, 5) is 23.1. The summed E-state index contributed by atoms with van der Waals surface area (Å²) in [7, 11) is 0. The fourth-order valence-corrected chi connectivity index (χ4v) is 2.82. The molecule has 108 valence electrons. The third-order valence-corrected chi connectivity index (χ3v) is 4.03. The van der Waals surface area contributed by atoms with Crippen LogP contribution in [0.15, 0.2) is 18.2 Å². The van der Waals surface area contributed by atoms with Crippen LogP contribution in [-0.4, -0.2) is 28.6 Å². The van der Waals surface area contributed by atoms with Crippen LogP contribution in [0.3, 0.4) is 0 Å². The summed E-state index contributed by atoms with van der Waals surface area (Å²) in [6.07, 6.45) is 2.32. The van der Waals surface area contributed by atoms with Crippen molar-refractivity contribution < 1.29 is 19.8 Å². The molecule has 20 heavy (non-hydrogen) atoms. The molecule has 2 unspecified atom stereocenters. The first-order valence-corrected chi connectivity index (χ1v) is 6.86. The van der Waals surface area contributed by atoms with Crippen LogP contribution in [-0.2, 0) is 4.79 Å². The van der Waals surface area contributed by atoms with Crippen molar-refractivity contribution in [3.8, 4) is 5.75 Å². The maximum Gasteiger partial charge on any atom is 0.306 e. The van der Waals surface area contributed by atoms with Gasteiger partial charge in [0.25, 0.3) is 5.91 Å². The van der Waals surface area contributed by atoms with Crippen molar-refractivity contribution in [3.05, 3.63) is 28.8 Å². The summed E-state index contributed by atoms with van der Waals surface area (Å²) in [5.74, 6) is -1.69. The Morgan fingerprint density at radius 3 is 2.80 bits per heavy atom. The van der Waals surface area contributed by atoms with Crippen molar-refractivity contribution in [2.24, 2.45) is 11.8 Å². The number of carboxylic acid groups (broad SMARTS) is 1. The molecule has 0 spiro atoms. The summed E-state index contributed by atoms with van der Waals surface area (Å²) >= 11 is 5.90. The Balaban J connectivity index is 1.98. The van der Waals surface area contributed by atoms with E-state index in [0.717, 1.165) is 12.8 Å². The van der Waals surface area contributed by atoms with Crippen LogP contribution >= 0.6 is 11.6 Å². The number of carboxylic acids is 1. The first-order chi connectivity index (χ1) is 9.49. The zero-order valence-corrected chi connectivity index (χ0v) is 11.6. The van der Waals surface area contributed by atoms with Crippen LogP contribution < -0.4 is 5.32 Å². The van der Waals surface area contributed by atoms with E-state index in [1.54, 1.807) is 0 Å². The minimum absolute atomic E-state index is 0.0381. The molecule has 1 aliphatic carbocycles. The van der Waals surface area contributed by atoms with Crippen LogP contribution in [0.1, 0.15) is 29.6 Å². The van der Waals surface area contributed by atoms with Crippen LogP contribution in [0.25, 0.3) is 0 Å². The predicted octanol–water partition coefficient (Wildman–Crippen LogP) is 2.28. The van der Waals surface area contributed by atoms with Gasteiger partial charge in [-0.2, -0.15) is 0 Å². The zero-order valence-electron chi connectivity index (χ0n) is 10.8. The average molecular weight is 298 g/mol. The lowest BCUT2D eigenvalue weighted by molar-refractivity contribution is -0.142. The van der Waals surface area contributed by atoms with Crippen molar-refractivity contribution in [2.75, 3.05) is 6.54 Å². The number of hydrogen-bond acceptors (Lipinski definition) is 3. The Bertz CT molecular complexity index is 532. The topological polar surface area (TPSA) is 86.6 Å². The maximum atomic E-state index is 12.0. The molecular formula is C14H16ClNO4. The number of phenols is 1. The largest absolute Gasteiger partial charge is 0.508 e. The highest BCUT2D eigenvalue weighted by Gasteiger charge is 2.32. The minimum Gasteiger partial charge on any atom is -0.508 e. The highest BCUT2D eigenvalue weighted by Crippen LogP contribution is 2.31. The number of aliphatic carboxylic acids is 1. The van der Waals surface area contributed by atoms with Crippen LogP contribution in [0.5, 0.6) is 5.75 Å². The van der Waals surface area contributed by atoms with E-state index >= 15 is 0 Å². The molecule has 1 saturated carbocycles. The Kier molecular flexibility index (Phi) is 4.49. The summed E-state index contributed by atoms with van der Waals surface area (Å²) in [5, 5.41) is 21.4. The number of carbonyl (C=O) groups excluding carboxylic acids is 1. The number of phenolic OH excluding ortho intramolecular Hbond substituents is 1. The second kappa shape index (κ2) is 6.13. The molecule has 1 aromatic rings. The van der Waals surface area contributed by atoms with Crippen LogP contribution in [0.2, 0.25) is 5.02 Å². The summed E-state index contributed by atoms with van der Waals surface area (Å²) < 4.78 is 0. The number of carbonyl (C=O) groups is 2. The fraction of sp³-hybridized carbons (Fsp3) is 0.429. The van der Waals surface area contributed by atoms with Gasteiger partial charge in [0.2, 0.25) is 0 Å². The van der Waals surface area contributed by atoms with Crippen molar-refractivity contribution >= 4 is 23.5 Å². The van der Waals surface area contributed by atoms with Gasteiger partial charge in [0.15, 0.2) is 0 Å². The minimum atomic E-state index is -0.808. The Morgan fingerprint density at radius 1 is 1.35 bits per heavy atom. The summed E-state index contributed by atoms with van der Waals surface area (Å²) in [5.41, 5.74) is 0.191. The Labute approximate surface area is 121 Å². The molecule has 0 aromatic heterocycles. The monoisotopic (exact) mass is 297 g/mol. The third-order valence-electron chi connectivity index (χ3n) is 3.70. The molecule has 1 amide bonds. The standard InChI is InChI=1S/C14H16ClNO4/c15-12-5-4-9(17)6-11(12)13(18)16-7-8-2-1-3-10(8)14(19)20/h4-6,8,10,17H,1-3,7H2,(H,16,18)(H,19,20). The van der Waals surface area contributed by atoms with Gasteiger partial charge < -0.3 is 15.5 Å². The molecule has 0 bridgehead atoms. The number of nitrogens with one attached hydrogen (secondary N) is 1. The first-order valence-electron chi connectivity index (χ1n) is 6.48. The van der Waals surface area contributed by atoms with Crippen molar-refractivity contribution in [1.29, 1.82) is 0 Å². The van der Waals surface area contributed by atoms with Gasteiger partial charge in [-0.3, -0.25) is 9.59 Å². The quantitative estimate of drug-likeness (QED) is 0.795. The van der Waals surface area contributed by atoms with Crippen molar-refractivity contribution in [1.82, 2.24) is 5.32 Å². The molecule has 1 aliphatic rings. The fourth-order valence-electron chi connectivity index (χ4n) is 2.61. The summed E-state index contributed by atoms with van der Waals surface area (Å²) in [6.45, 7) is 0.307. The number of amides is 1. The molecular weight excluding hydrogens is 282 g/mol. The van der Waals surface area contributed by atoms with Gasteiger partial charge in [-0.05, 0) is 37.0 Å². The second-order valence-electron chi connectivity index (χ2n) is 5.01. The molecule has 2 rings (SSSR count). The number of rotatable bonds is 4. The van der Waals surface area contributed by atoms with Crippen LogP contribution in [0, 0.1) is 11.8 Å². The van der Waals surface area contributed by atoms with E-state index < -0.39 is 17.8 Å². The third kappa shape index (κ3) is 3.22. The van der Waals surface area contributed by atoms with Crippen molar-refractivity contribution in [2.45, 2.75) is 19.3 Å². The van der Waals surface area contributed by atoms with E-state index in [1.807, 2.05) is 0 Å². The Morgan fingerprint density at radius 2 is 2.10 bits per heavy atom. The van der Waals surface area contributed by atoms with E-state index in [4.69, 9.17) is 16.7 Å². The highest BCUT2D eigenvalue weighted by molar-refractivity contribution is 6.33. The van der Waals surface area contributed by atoms with Gasteiger partial charge in [-0.15, -0.1) is 0 Å². The van der Waals surface area contributed by atoms with Gasteiger partial charge in [-0.1, -0.05) is 18.0 Å². The molecule has 3 N–H and O–H groups in total. The molecule has 0 heterocycles. The lowest BCUT2D eigenvalue weighted by Gasteiger charge is -2.16. The van der Waals surface area contributed by atoms with Gasteiger partial charge >= 0.3 is 5.97 Å². The van der Waals surface area contributed by atoms with Gasteiger partial charge in [0.05, 0.1) is 16.5 Å². The number of hydrogen-bond donors (Lipinski definition) is 3. The molecule has 2 atom stereocenters. The average Bonchev–Trinajstić information content (AvgIpc) is 2.87. The van der Waals surface area contributed by atoms with Crippen LogP contribution in [0.4, 0.5) is 0 Å². The molecule has 5 nitrogen and oxygen atoms in total. The van der Waals surface area contributed by atoms with Crippen molar-refractivity contribution in [3.63, 3.8) is 0 Å². The lowest BCUT2D eigenvalue weighted by Crippen LogP contribution is -2.33. The van der Waals surface area contributed by atoms with E-state index in [2.05, 4.69) is 5.32 Å². The first kappa shape index (κ1) is 14.7. The summed E-state index contributed by atoms with van der Waals surface area (Å²) in [6, 6.07) is 4.14. The van der Waals surface area contributed by atoms with E-state index in [1.165, 1.54) is 18.2 Å². The van der Waals surface area contributed by atoms with E-state index in [0.29, 0.717) is 13.0 Å². The molecule has 6 heteroatoms. The molecule has 1 aromatic carbocycles. The maximum absolute atomic E-state index is 12.0. The van der Waals surface area contributed by atoms with Gasteiger partial charge in [0.1, 0.15) is 5.75 Å². The molecule has 0 aliphatic heterocycles. The number of halogens is 1. The number of aromatic hydroxyl groups is 1. The van der Waals surface area contributed by atoms with Gasteiger partial charge in [-0.25, -0.2) is 0 Å². The molecule has 1 fully saturated rings. The Hall–Kier alpha value is -1.75. The highest BCUT2D eigenvalue weighted by atomic mass is 35.5. The molecule has 0 radical (unpaired) electrons. The SMILES string of the molecule is O=C(NCC1CCCC1C(=O)O)c1cc(O)ccc1Cl.